The number of nitro groups is 1. The highest BCUT2D eigenvalue weighted by Gasteiger charge is 2.19. The van der Waals surface area contributed by atoms with E-state index in [0.29, 0.717) is 18.5 Å². The Hall–Kier alpha value is -3.28. The average molecular weight is 535 g/mol. The number of aryl methyl sites for hydroxylation is 1. The molecule has 0 saturated heterocycles. The van der Waals surface area contributed by atoms with Crippen LogP contribution >= 0.6 is 22.6 Å². The van der Waals surface area contributed by atoms with Crippen molar-refractivity contribution in [2.75, 3.05) is 6.61 Å². The molecule has 0 fully saturated rings. The molecule has 1 atom stereocenters. The zero-order valence-corrected chi connectivity index (χ0v) is 18.4. The number of rotatable bonds is 9. The zero-order chi connectivity index (χ0) is 22.2. The summed E-state index contributed by atoms with van der Waals surface area (Å²) in [6.07, 6.45) is 4.78. The van der Waals surface area contributed by atoms with E-state index in [-0.39, 0.29) is 17.9 Å². The quantitative estimate of drug-likeness (QED) is 0.177. The molecule has 0 aliphatic heterocycles. The van der Waals surface area contributed by atoms with E-state index in [9.17, 15) is 19.7 Å². The molecule has 31 heavy (non-hydrogen) atoms. The van der Waals surface area contributed by atoms with Crippen molar-refractivity contribution in [2.45, 2.75) is 19.1 Å². The van der Waals surface area contributed by atoms with Gasteiger partial charge >= 0.3 is 11.9 Å². The van der Waals surface area contributed by atoms with Crippen molar-refractivity contribution in [3.8, 4) is 0 Å². The highest BCUT2D eigenvalue weighted by Crippen LogP contribution is 2.15. The van der Waals surface area contributed by atoms with Gasteiger partial charge in [-0.25, -0.2) is 14.6 Å². The Labute approximate surface area is 191 Å². The fourth-order valence-electron chi connectivity index (χ4n) is 2.66. The third-order valence-corrected chi connectivity index (χ3v) is 5.06. The molecule has 0 amide bonds. The number of halogens is 1. The van der Waals surface area contributed by atoms with Crippen molar-refractivity contribution in [3.63, 3.8) is 0 Å². The Bertz CT molecular complexity index is 1040. The first-order valence-electron chi connectivity index (χ1n) is 9.26. The van der Waals surface area contributed by atoms with Crippen LogP contribution in [0.2, 0.25) is 0 Å². The van der Waals surface area contributed by atoms with E-state index in [0.717, 1.165) is 3.57 Å². The maximum absolute atomic E-state index is 12.5. The molecule has 0 N–H and O–H groups in total. The third-order valence-electron chi connectivity index (χ3n) is 4.34. The second-order valence-electron chi connectivity index (χ2n) is 6.53. The minimum Gasteiger partial charge on any atom is -0.458 e. The molecule has 9 nitrogen and oxygen atoms in total. The van der Waals surface area contributed by atoms with Gasteiger partial charge < -0.3 is 14.0 Å². The second kappa shape index (κ2) is 10.7. The lowest BCUT2D eigenvalue weighted by Gasteiger charge is -2.18. The summed E-state index contributed by atoms with van der Waals surface area (Å²) >= 11 is 2.14. The Morgan fingerprint density at radius 2 is 1.71 bits per heavy atom. The Morgan fingerprint density at radius 1 is 1.06 bits per heavy atom. The summed E-state index contributed by atoms with van der Waals surface area (Å²) in [4.78, 5) is 39.0. The van der Waals surface area contributed by atoms with Gasteiger partial charge in [0.25, 0.3) is 5.69 Å². The van der Waals surface area contributed by atoms with Crippen LogP contribution in [0.15, 0.2) is 67.3 Å². The molecule has 10 heteroatoms. The van der Waals surface area contributed by atoms with Crippen molar-refractivity contribution >= 4 is 40.2 Å². The SMILES string of the molecule is O=C(OCC(CCn1ccnc1)OC(=O)c1ccc(I)cc1)c1ccc([N+](=O)[O-])cc1. The normalized spacial score (nSPS) is 11.5. The molecular weight excluding hydrogens is 517 g/mol. The van der Waals surface area contributed by atoms with Crippen molar-refractivity contribution in [1.29, 1.82) is 0 Å². The number of non-ortho nitro benzene ring substituents is 1. The van der Waals surface area contributed by atoms with Crippen LogP contribution in [-0.2, 0) is 16.0 Å². The number of benzene rings is 2. The Kier molecular flexibility index (Phi) is 7.70. The van der Waals surface area contributed by atoms with E-state index in [1.54, 1.807) is 43.0 Å². The molecule has 0 radical (unpaired) electrons. The van der Waals surface area contributed by atoms with Crippen LogP contribution < -0.4 is 0 Å². The molecule has 0 bridgehead atoms. The minimum absolute atomic E-state index is 0.124. The van der Waals surface area contributed by atoms with E-state index in [1.165, 1.54) is 24.3 Å². The van der Waals surface area contributed by atoms with E-state index < -0.39 is 23.0 Å². The van der Waals surface area contributed by atoms with Gasteiger partial charge in [-0.2, -0.15) is 0 Å². The molecule has 0 spiro atoms. The number of hydrogen-bond acceptors (Lipinski definition) is 7. The molecular formula is C21H18IN3O6. The van der Waals surface area contributed by atoms with Gasteiger partial charge in [0.2, 0.25) is 0 Å². The molecule has 3 aromatic rings. The molecule has 1 aromatic heterocycles. The van der Waals surface area contributed by atoms with E-state index in [1.807, 2.05) is 4.57 Å². The molecule has 1 unspecified atom stereocenters. The van der Waals surface area contributed by atoms with Gasteiger partial charge in [-0.3, -0.25) is 10.1 Å². The number of hydrogen-bond donors (Lipinski definition) is 0. The summed E-state index contributed by atoms with van der Waals surface area (Å²) < 4.78 is 13.7. The monoisotopic (exact) mass is 535 g/mol. The molecule has 160 valence electrons. The highest BCUT2D eigenvalue weighted by molar-refractivity contribution is 14.1. The number of nitro benzene ring substituents is 1. The number of carbonyl (C=O) groups excluding carboxylic acids is 2. The summed E-state index contributed by atoms with van der Waals surface area (Å²) in [6, 6.07) is 12.0. The first-order valence-corrected chi connectivity index (χ1v) is 10.3. The lowest BCUT2D eigenvalue weighted by Crippen LogP contribution is -2.26. The van der Waals surface area contributed by atoms with Gasteiger partial charge in [0.15, 0.2) is 0 Å². The number of aromatic nitrogens is 2. The van der Waals surface area contributed by atoms with Gasteiger partial charge in [0.05, 0.1) is 22.4 Å². The number of nitrogens with zero attached hydrogens (tertiary/aromatic N) is 3. The maximum Gasteiger partial charge on any atom is 0.338 e. The third kappa shape index (κ3) is 6.60. The summed E-state index contributed by atoms with van der Waals surface area (Å²) in [5.41, 5.74) is 0.443. The lowest BCUT2D eigenvalue weighted by atomic mass is 10.2. The van der Waals surface area contributed by atoms with Gasteiger partial charge in [-0.15, -0.1) is 0 Å². The molecule has 1 heterocycles. The average Bonchev–Trinajstić information content (AvgIpc) is 3.29. The standard InChI is InChI=1S/C21H18IN3O6/c22-17-5-1-16(2-6-17)21(27)31-19(9-11-24-12-10-23-14-24)13-30-20(26)15-3-7-18(8-4-15)25(28)29/h1-8,10,12,14,19H,9,11,13H2. The van der Waals surface area contributed by atoms with Crippen molar-refractivity contribution < 1.29 is 24.0 Å². The minimum atomic E-state index is -0.684. The second-order valence-corrected chi connectivity index (χ2v) is 7.77. The van der Waals surface area contributed by atoms with Gasteiger partial charge in [0.1, 0.15) is 12.7 Å². The van der Waals surface area contributed by atoms with Crippen molar-refractivity contribution in [1.82, 2.24) is 9.55 Å². The van der Waals surface area contributed by atoms with Crippen LogP contribution in [0.3, 0.4) is 0 Å². The topological polar surface area (TPSA) is 114 Å². The van der Waals surface area contributed by atoms with Gasteiger partial charge in [-0.05, 0) is 59.0 Å². The largest absolute Gasteiger partial charge is 0.458 e. The zero-order valence-electron chi connectivity index (χ0n) is 16.2. The summed E-state index contributed by atoms with van der Waals surface area (Å²) in [5, 5.41) is 10.7. The molecule has 0 saturated carbocycles. The molecule has 0 aliphatic carbocycles. The van der Waals surface area contributed by atoms with E-state index in [4.69, 9.17) is 9.47 Å². The van der Waals surface area contributed by atoms with Crippen molar-refractivity contribution in [2.24, 2.45) is 0 Å². The van der Waals surface area contributed by atoms with Crippen molar-refractivity contribution in [3.05, 3.63) is 92.1 Å². The van der Waals surface area contributed by atoms with E-state index in [2.05, 4.69) is 27.6 Å². The number of imidazole rings is 1. The van der Waals surface area contributed by atoms with Crippen LogP contribution in [0, 0.1) is 13.7 Å². The lowest BCUT2D eigenvalue weighted by molar-refractivity contribution is -0.384. The number of ether oxygens (including phenoxy) is 2. The van der Waals surface area contributed by atoms with Crippen LogP contribution in [0.25, 0.3) is 0 Å². The van der Waals surface area contributed by atoms with Crippen LogP contribution in [0.5, 0.6) is 0 Å². The first-order chi connectivity index (χ1) is 14.9. The Morgan fingerprint density at radius 3 is 2.32 bits per heavy atom. The summed E-state index contributed by atoms with van der Waals surface area (Å²) in [7, 11) is 0. The first kappa shape index (κ1) is 22.4. The smallest absolute Gasteiger partial charge is 0.338 e. The van der Waals surface area contributed by atoms with Crippen LogP contribution in [0.1, 0.15) is 27.1 Å². The summed E-state index contributed by atoms with van der Waals surface area (Å²) in [6.45, 7) is 0.361. The summed E-state index contributed by atoms with van der Waals surface area (Å²) in [5.74, 6) is -1.17. The fraction of sp³-hybridized carbons (Fsp3) is 0.190. The van der Waals surface area contributed by atoms with Crippen LogP contribution in [-0.4, -0.2) is 39.1 Å². The fourth-order valence-corrected chi connectivity index (χ4v) is 3.02. The molecule has 3 rings (SSSR count). The van der Waals surface area contributed by atoms with Gasteiger partial charge in [-0.1, -0.05) is 0 Å². The Balaban J connectivity index is 1.63. The van der Waals surface area contributed by atoms with Crippen LogP contribution in [0.4, 0.5) is 5.69 Å². The molecule has 2 aromatic carbocycles. The highest BCUT2D eigenvalue weighted by atomic mass is 127. The predicted molar refractivity (Wildman–Crippen MR) is 119 cm³/mol. The number of esters is 2. The van der Waals surface area contributed by atoms with E-state index >= 15 is 0 Å². The van der Waals surface area contributed by atoms with Gasteiger partial charge in [0, 0.05) is 41.1 Å². The predicted octanol–water partition coefficient (Wildman–Crippen LogP) is 3.87. The number of carbonyl (C=O) groups is 2. The molecule has 0 aliphatic rings. The maximum atomic E-state index is 12.5.